The van der Waals surface area contributed by atoms with E-state index in [-0.39, 0.29) is 18.2 Å². The Kier molecular flexibility index (Phi) is 5.02. The van der Waals surface area contributed by atoms with Crippen molar-refractivity contribution in [3.8, 4) is 0 Å². The van der Waals surface area contributed by atoms with Gasteiger partial charge in [-0.3, -0.25) is 9.59 Å². The molecule has 1 fully saturated rings. The predicted molar refractivity (Wildman–Crippen MR) is 74.7 cm³/mol. The highest BCUT2D eigenvalue weighted by Gasteiger charge is 2.50. The van der Waals surface area contributed by atoms with Crippen molar-refractivity contribution in [2.45, 2.75) is 38.3 Å². The fourth-order valence-electron chi connectivity index (χ4n) is 2.30. The molecule has 0 radical (unpaired) electrons. The number of aromatic amines is 1. The largest absolute Gasteiger partial charge is 0.476 e. The fourth-order valence-corrected chi connectivity index (χ4v) is 2.30. The van der Waals surface area contributed by atoms with Crippen molar-refractivity contribution in [3.05, 3.63) is 11.5 Å². The van der Waals surface area contributed by atoms with Gasteiger partial charge in [-0.2, -0.15) is 0 Å². The van der Waals surface area contributed by atoms with E-state index in [4.69, 9.17) is 25.1 Å². The van der Waals surface area contributed by atoms with Crippen molar-refractivity contribution < 1.29 is 38.1 Å². The number of halogens is 1. The van der Waals surface area contributed by atoms with Gasteiger partial charge in [-0.1, -0.05) is 0 Å². The molecule has 11 heteroatoms. The van der Waals surface area contributed by atoms with E-state index < -0.39 is 48.1 Å². The number of H-pyrrole nitrogens is 1. The minimum absolute atomic E-state index is 0.167. The first-order valence-corrected chi connectivity index (χ1v) is 6.89. The van der Waals surface area contributed by atoms with Crippen molar-refractivity contribution in [1.82, 2.24) is 9.97 Å². The van der Waals surface area contributed by atoms with Gasteiger partial charge in [0.1, 0.15) is 18.5 Å². The lowest BCUT2D eigenvalue weighted by Gasteiger charge is -2.18. The molecule has 0 bridgehead atoms. The molecule has 0 spiro atoms. The van der Waals surface area contributed by atoms with Crippen LogP contribution in [0.25, 0.3) is 0 Å². The lowest BCUT2D eigenvalue weighted by molar-refractivity contribution is -0.156. The number of carbonyl (C=O) groups is 3. The number of alkyl halides is 1. The summed E-state index contributed by atoms with van der Waals surface area (Å²) in [5.41, 5.74) is 5.04. The number of aromatic carboxylic acids is 1. The lowest BCUT2D eigenvalue weighted by Crippen LogP contribution is -2.36. The highest BCUT2D eigenvalue weighted by molar-refractivity contribution is 5.90. The maximum Gasteiger partial charge on any atom is 0.356 e. The Balaban J connectivity index is 2.24. The van der Waals surface area contributed by atoms with Gasteiger partial charge < -0.3 is 30.0 Å². The first-order valence-electron chi connectivity index (χ1n) is 6.89. The second kappa shape index (κ2) is 6.83. The van der Waals surface area contributed by atoms with Gasteiger partial charge in [0.2, 0.25) is 0 Å². The van der Waals surface area contributed by atoms with Crippen molar-refractivity contribution >= 4 is 23.7 Å². The normalized spacial score (nSPS) is 26.1. The SMILES string of the molecule is CC(=O)OC[C@H]1O[C@@H](c2nc(N)c(C(=O)O)[nH]2)[C@@H](F)[C@@H]1OC(C)=O. The summed E-state index contributed by atoms with van der Waals surface area (Å²) in [6, 6.07) is 0. The second-order valence-corrected chi connectivity index (χ2v) is 5.10. The fraction of sp³-hybridized carbons (Fsp3) is 0.538. The Hall–Kier alpha value is -2.69. The number of ether oxygens (including phenoxy) is 3. The van der Waals surface area contributed by atoms with Crippen LogP contribution in [0.1, 0.15) is 36.3 Å². The number of imidazole rings is 1. The van der Waals surface area contributed by atoms with Crippen molar-refractivity contribution in [3.63, 3.8) is 0 Å². The van der Waals surface area contributed by atoms with Crippen LogP contribution < -0.4 is 5.73 Å². The molecule has 2 heterocycles. The molecule has 24 heavy (non-hydrogen) atoms. The molecule has 1 aliphatic rings. The van der Waals surface area contributed by atoms with E-state index in [1.807, 2.05) is 0 Å². The first-order chi connectivity index (χ1) is 11.2. The molecule has 1 aromatic rings. The maximum atomic E-state index is 14.6. The van der Waals surface area contributed by atoms with Crippen LogP contribution in [0.15, 0.2) is 0 Å². The van der Waals surface area contributed by atoms with Gasteiger partial charge in [-0.25, -0.2) is 14.2 Å². The lowest BCUT2D eigenvalue weighted by atomic mass is 10.1. The number of carboxylic acids is 1. The van der Waals surface area contributed by atoms with Gasteiger partial charge in [-0.05, 0) is 0 Å². The van der Waals surface area contributed by atoms with Crippen LogP contribution in [0.5, 0.6) is 0 Å². The Labute approximate surface area is 135 Å². The molecule has 1 aliphatic heterocycles. The molecule has 0 saturated carbocycles. The summed E-state index contributed by atoms with van der Waals surface area (Å²) >= 11 is 0. The quantitative estimate of drug-likeness (QED) is 0.624. The molecule has 0 amide bonds. The van der Waals surface area contributed by atoms with Gasteiger partial charge in [0.15, 0.2) is 29.9 Å². The van der Waals surface area contributed by atoms with Crippen molar-refractivity contribution in [2.75, 3.05) is 12.3 Å². The molecule has 1 saturated heterocycles. The van der Waals surface area contributed by atoms with Crippen LogP contribution in [0.2, 0.25) is 0 Å². The molecule has 4 atom stereocenters. The van der Waals surface area contributed by atoms with Crippen LogP contribution in [-0.4, -0.2) is 58.0 Å². The predicted octanol–water partition coefficient (Wildman–Crippen LogP) is -0.0371. The van der Waals surface area contributed by atoms with Crippen molar-refractivity contribution in [2.24, 2.45) is 0 Å². The third-order valence-electron chi connectivity index (χ3n) is 3.28. The monoisotopic (exact) mass is 345 g/mol. The van der Waals surface area contributed by atoms with Gasteiger partial charge in [0.25, 0.3) is 0 Å². The number of nitrogens with zero attached hydrogens (tertiary/aromatic N) is 1. The standard InChI is InChI=1S/C13H16FN3O7/c1-4(18)22-3-6-9(23-5(2)19)7(14)10(24-6)12-16-8(13(20)21)11(15)17-12/h6-7,9-10H,3,15H2,1-2H3,(H,16,17)(H,20,21)/t6-,7+,9-,10-/m1/s1. The Morgan fingerprint density at radius 1 is 1.38 bits per heavy atom. The smallest absolute Gasteiger partial charge is 0.356 e. The Morgan fingerprint density at radius 3 is 2.54 bits per heavy atom. The molecule has 4 N–H and O–H groups in total. The number of esters is 2. The van der Waals surface area contributed by atoms with Gasteiger partial charge in [0, 0.05) is 13.8 Å². The highest BCUT2D eigenvalue weighted by Crippen LogP contribution is 2.37. The third kappa shape index (κ3) is 3.62. The average molecular weight is 345 g/mol. The third-order valence-corrected chi connectivity index (χ3v) is 3.28. The number of hydrogen-bond acceptors (Lipinski definition) is 8. The van der Waals surface area contributed by atoms with E-state index in [9.17, 15) is 18.8 Å². The molecule has 10 nitrogen and oxygen atoms in total. The van der Waals surface area contributed by atoms with Crippen LogP contribution >= 0.6 is 0 Å². The number of rotatable bonds is 5. The van der Waals surface area contributed by atoms with E-state index in [0.29, 0.717) is 0 Å². The zero-order valence-electron chi connectivity index (χ0n) is 12.8. The summed E-state index contributed by atoms with van der Waals surface area (Å²) in [4.78, 5) is 39.1. The molecule has 0 aliphatic carbocycles. The maximum absolute atomic E-state index is 14.6. The van der Waals surface area contributed by atoms with E-state index in [0.717, 1.165) is 13.8 Å². The number of nitrogens with two attached hydrogens (primary N) is 1. The summed E-state index contributed by atoms with van der Waals surface area (Å²) in [6.07, 6.45) is -5.63. The van der Waals surface area contributed by atoms with Crippen LogP contribution in [0.4, 0.5) is 10.2 Å². The van der Waals surface area contributed by atoms with Crippen molar-refractivity contribution in [1.29, 1.82) is 0 Å². The zero-order chi connectivity index (χ0) is 18.0. The van der Waals surface area contributed by atoms with Crippen LogP contribution in [-0.2, 0) is 23.8 Å². The number of nitrogen functional groups attached to an aromatic ring is 1. The second-order valence-electron chi connectivity index (χ2n) is 5.10. The molecule has 0 aromatic carbocycles. The molecule has 2 rings (SSSR count). The molecular formula is C13H16FN3O7. The Morgan fingerprint density at radius 2 is 2.04 bits per heavy atom. The molecule has 1 aromatic heterocycles. The molecule has 0 unspecified atom stereocenters. The topological polar surface area (TPSA) is 154 Å². The molecule has 132 valence electrons. The van der Waals surface area contributed by atoms with E-state index >= 15 is 0 Å². The summed E-state index contributed by atoms with van der Waals surface area (Å²) in [5.74, 6) is -3.23. The number of hydrogen-bond donors (Lipinski definition) is 3. The van der Waals surface area contributed by atoms with Crippen LogP contribution in [0, 0.1) is 0 Å². The zero-order valence-corrected chi connectivity index (χ0v) is 12.8. The van der Waals surface area contributed by atoms with Gasteiger partial charge in [-0.15, -0.1) is 0 Å². The van der Waals surface area contributed by atoms with E-state index in [1.54, 1.807) is 0 Å². The van der Waals surface area contributed by atoms with E-state index in [2.05, 4.69) is 9.97 Å². The van der Waals surface area contributed by atoms with Crippen LogP contribution in [0.3, 0.4) is 0 Å². The number of carboxylic acid groups (broad SMARTS) is 1. The number of nitrogens with one attached hydrogen (secondary N) is 1. The number of anilines is 1. The van der Waals surface area contributed by atoms with Gasteiger partial charge >= 0.3 is 17.9 Å². The summed E-state index contributed by atoms with van der Waals surface area (Å²) in [6.45, 7) is 1.91. The first kappa shape index (κ1) is 17.7. The summed E-state index contributed by atoms with van der Waals surface area (Å²) in [5, 5.41) is 8.94. The highest BCUT2D eigenvalue weighted by atomic mass is 19.1. The van der Waals surface area contributed by atoms with E-state index in [1.165, 1.54) is 0 Å². The minimum atomic E-state index is -1.86. The molecular weight excluding hydrogens is 329 g/mol. The number of carbonyl (C=O) groups excluding carboxylic acids is 2. The van der Waals surface area contributed by atoms with Gasteiger partial charge in [0.05, 0.1) is 0 Å². The average Bonchev–Trinajstić information content (AvgIpc) is 2.98. The number of aromatic nitrogens is 2. The summed E-state index contributed by atoms with van der Waals surface area (Å²) < 4.78 is 29.7. The Bertz CT molecular complexity index is 662. The minimum Gasteiger partial charge on any atom is -0.476 e. The summed E-state index contributed by atoms with van der Waals surface area (Å²) in [7, 11) is 0.